The average Bonchev–Trinajstić information content (AvgIpc) is 3.09. The molecule has 24 heavy (non-hydrogen) atoms. The number of rotatable bonds is 3. The summed E-state index contributed by atoms with van der Waals surface area (Å²) in [5.41, 5.74) is 0.357. The number of carbonyl (C=O) groups is 1. The molecule has 0 spiro atoms. The molecule has 1 fully saturated rings. The number of halogens is 3. The van der Waals surface area contributed by atoms with E-state index < -0.39 is 23.9 Å². The minimum absolute atomic E-state index is 0.00503. The van der Waals surface area contributed by atoms with E-state index in [2.05, 4.69) is 20.4 Å². The summed E-state index contributed by atoms with van der Waals surface area (Å²) in [5.74, 6) is -2.73. The van der Waals surface area contributed by atoms with Gasteiger partial charge in [-0.3, -0.25) is 4.79 Å². The SMILES string of the molecule is O=C(Nc1ccc(-n2cncn2)nc1)C1CCCCC1C(F)(F)F. The molecule has 2 heterocycles. The number of carbonyl (C=O) groups excluding carboxylic acids is 1. The second kappa shape index (κ2) is 6.58. The number of pyridine rings is 1. The van der Waals surface area contributed by atoms with E-state index in [4.69, 9.17) is 0 Å². The molecule has 0 saturated heterocycles. The van der Waals surface area contributed by atoms with Crippen LogP contribution >= 0.6 is 0 Å². The summed E-state index contributed by atoms with van der Waals surface area (Å²) in [7, 11) is 0. The van der Waals surface area contributed by atoms with Crippen molar-refractivity contribution in [2.75, 3.05) is 5.32 Å². The van der Waals surface area contributed by atoms with Crippen LogP contribution in [0.25, 0.3) is 5.82 Å². The third-order valence-corrected chi connectivity index (χ3v) is 4.19. The van der Waals surface area contributed by atoms with Crippen molar-refractivity contribution in [3.8, 4) is 5.82 Å². The Kier molecular flexibility index (Phi) is 4.50. The van der Waals surface area contributed by atoms with Gasteiger partial charge in [-0.2, -0.15) is 18.3 Å². The summed E-state index contributed by atoms with van der Waals surface area (Å²) >= 11 is 0. The molecule has 1 aliphatic rings. The van der Waals surface area contributed by atoms with Crippen molar-refractivity contribution in [2.24, 2.45) is 11.8 Å². The predicted molar refractivity (Wildman–Crippen MR) is 79.3 cm³/mol. The van der Waals surface area contributed by atoms with Crippen LogP contribution in [0.4, 0.5) is 18.9 Å². The summed E-state index contributed by atoms with van der Waals surface area (Å²) in [6.07, 6.45) is 1.26. The first-order valence-corrected chi connectivity index (χ1v) is 7.64. The molecule has 128 valence electrons. The Morgan fingerprint density at radius 3 is 2.67 bits per heavy atom. The van der Waals surface area contributed by atoms with Gasteiger partial charge in [-0.1, -0.05) is 12.8 Å². The van der Waals surface area contributed by atoms with Crippen molar-refractivity contribution in [1.82, 2.24) is 19.7 Å². The monoisotopic (exact) mass is 339 g/mol. The van der Waals surface area contributed by atoms with Crippen molar-refractivity contribution in [3.63, 3.8) is 0 Å². The van der Waals surface area contributed by atoms with Gasteiger partial charge < -0.3 is 5.32 Å². The van der Waals surface area contributed by atoms with Gasteiger partial charge in [-0.05, 0) is 25.0 Å². The highest BCUT2D eigenvalue weighted by molar-refractivity contribution is 5.92. The van der Waals surface area contributed by atoms with Gasteiger partial charge in [-0.25, -0.2) is 14.6 Å². The second-order valence-corrected chi connectivity index (χ2v) is 5.77. The maximum atomic E-state index is 13.1. The molecule has 0 aromatic carbocycles. The van der Waals surface area contributed by atoms with Crippen LogP contribution in [-0.2, 0) is 4.79 Å². The molecule has 0 radical (unpaired) electrons. The van der Waals surface area contributed by atoms with Crippen molar-refractivity contribution in [2.45, 2.75) is 31.9 Å². The Hall–Kier alpha value is -2.45. The summed E-state index contributed by atoms with van der Waals surface area (Å²) in [6.45, 7) is 0. The highest BCUT2D eigenvalue weighted by atomic mass is 19.4. The van der Waals surface area contributed by atoms with Crippen LogP contribution in [-0.4, -0.2) is 31.8 Å². The van der Waals surface area contributed by atoms with E-state index in [-0.39, 0.29) is 12.8 Å². The van der Waals surface area contributed by atoms with E-state index in [1.165, 1.54) is 23.5 Å². The zero-order valence-electron chi connectivity index (χ0n) is 12.7. The fraction of sp³-hybridized carbons (Fsp3) is 0.467. The lowest BCUT2D eigenvalue weighted by Gasteiger charge is -2.31. The maximum absolute atomic E-state index is 13.1. The fourth-order valence-corrected chi connectivity index (χ4v) is 2.99. The van der Waals surface area contributed by atoms with Gasteiger partial charge in [0.15, 0.2) is 5.82 Å². The van der Waals surface area contributed by atoms with Crippen LogP contribution in [0.5, 0.6) is 0 Å². The molecule has 0 bridgehead atoms. The number of aromatic nitrogens is 4. The van der Waals surface area contributed by atoms with E-state index in [9.17, 15) is 18.0 Å². The molecule has 2 aromatic heterocycles. The van der Waals surface area contributed by atoms with E-state index in [0.717, 1.165) is 0 Å². The predicted octanol–water partition coefficient (Wildman–Crippen LogP) is 2.97. The van der Waals surface area contributed by atoms with E-state index in [1.54, 1.807) is 12.1 Å². The zero-order chi connectivity index (χ0) is 17.2. The molecule has 2 atom stereocenters. The summed E-state index contributed by atoms with van der Waals surface area (Å²) in [5, 5.41) is 6.46. The number of anilines is 1. The van der Waals surface area contributed by atoms with Crippen LogP contribution in [0.2, 0.25) is 0 Å². The molecule has 1 saturated carbocycles. The quantitative estimate of drug-likeness (QED) is 0.933. The first-order valence-electron chi connectivity index (χ1n) is 7.64. The van der Waals surface area contributed by atoms with Gasteiger partial charge in [0.2, 0.25) is 5.91 Å². The van der Waals surface area contributed by atoms with E-state index in [1.807, 2.05) is 0 Å². The van der Waals surface area contributed by atoms with Crippen LogP contribution < -0.4 is 5.32 Å². The third-order valence-electron chi connectivity index (χ3n) is 4.19. The molecule has 6 nitrogen and oxygen atoms in total. The molecule has 2 unspecified atom stereocenters. The van der Waals surface area contributed by atoms with E-state index >= 15 is 0 Å². The van der Waals surface area contributed by atoms with E-state index in [0.29, 0.717) is 24.3 Å². The Morgan fingerprint density at radius 2 is 2.04 bits per heavy atom. The molecular weight excluding hydrogens is 323 g/mol. The lowest BCUT2D eigenvalue weighted by Crippen LogP contribution is -2.39. The molecule has 1 aliphatic carbocycles. The lowest BCUT2D eigenvalue weighted by atomic mass is 9.78. The van der Waals surface area contributed by atoms with Crippen LogP contribution in [0.1, 0.15) is 25.7 Å². The first kappa shape index (κ1) is 16.4. The number of amides is 1. The van der Waals surface area contributed by atoms with Crippen LogP contribution in [0.15, 0.2) is 31.0 Å². The lowest BCUT2D eigenvalue weighted by molar-refractivity contribution is -0.197. The van der Waals surface area contributed by atoms with Crippen LogP contribution in [0.3, 0.4) is 0 Å². The van der Waals surface area contributed by atoms with Crippen molar-refractivity contribution in [3.05, 3.63) is 31.0 Å². The summed E-state index contributed by atoms with van der Waals surface area (Å²) in [4.78, 5) is 20.2. The van der Waals surface area contributed by atoms with Gasteiger partial charge in [0.1, 0.15) is 12.7 Å². The smallest absolute Gasteiger partial charge is 0.324 e. The summed E-state index contributed by atoms with van der Waals surface area (Å²) < 4.78 is 40.7. The molecule has 3 rings (SSSR count). The van der Waals surface area contributed by atoms with Crippen LogP contribution in [0, 0.1) is 11.8 Å². The van der Waals surface area contributed by atoms with Gasteiger partial charge in [0.25, 0.3) is 0 Å². The Bertz CT molecular complexity index is 684. The third kappa shape index (κ3) is 3.55. The molecule has 9 heteroatoms. The van der Waals surface area contributed by atoms with Gasteiger partial charge in [0, 0.05) is 5.92 Å². The number of hydrogen-bond acceptors (Lipinski definition) is 4. The van der Waals surface area contributed by atoms with Gasteiger partial charge in [0.05, 0.1) is 17.8 Å². The number of nitrogens with one attached hydrogen (secondary N) is 1. The van der Waals surface area contributed by atoms with Gasteiger partial charge in [-0.15, -0.1) is 0 Å². The number of hydrogen-bond donors (Lipinski definition) is 1. The van der Waals surface area contributed by atoms with Crippen molar-refractivity contribution in [1.29, 1.82) is 0 Å². The number of alkyl halides is 3. The molecular formula is C15H16F3N5O. The Labute approximate surface area is 136 Å². The number of nitrogens with zero attached hydrogens (tertiary/aromatic N) is 4. The Balaban J connectivity index is 1.69. The molecule has 1 N–H and O–H groups in total. The maximum Gasteiger partial charge on any atom is 0.392 e. The van der Waals surface area contributed by atoms with Crippen molar-refractivity contribution >= 4 is 11.6 Å². The standard InChI is InChI=1S/C15H16F3N5O/c16-15(17,18)12-4-2-1-3-11(12)14(24)22-10-5-6-13(20-7-10)23-9-19-8-21-23/h5-9,11-12H,1-4H2,(H,22,24). The minimum Gasteiger partial charge on any atom is -0.324 e. The second-order valence-electron chi connectivity index (χ2n) is 5.77. The highest BCUT2D eigenvalue weighted by Gasteiger charge is 2.48. The first-order chi connectivity index (χ1) is 11.4. The largest absolute Gasteiger partial charge is 0.392 e. The van der Waals surface area contributed by atoms with Gasteiger partial charge >= 0.3 is 6.18 Å². The molecule has 0 aliphatic heterocycles. The topological polar surface area (TPSA) is 72.7 Å². The summed E-state index contributed by atoms with van der Waals surface area (Å²) in [6, 6.07) is 3.18. The Morgan fingerprint density at radius 1 is 1.25 bits per heavy atom. The van der Waals surface area contributed by atoms with Crippen molar-refractivity contribution < 1.29 is 18.0 Å². The highest BCUT2D eigenvalue weighted by Crippen LogP contribution is 2.41. The average molecular weight is 339 g/mol. The molecule has 2 aromatic rings. The zero-order valence-corrected chi connectivity index (χ0v) is 12.7. The normalized spacial score (nSPS) is 21.5. The fourth-order valence-electron chi connectivity index (χ4n) is 2.99. The minimum atomic E-state index is -4.35. The molecule has 1 amide bonds.